The molecule has 1 aromatic carbocycles. The van der Waals surface area contributed by atoms with Crippen molar-refractivity contribution in [2.45, 2.75) is 26.4 Å². The average Bonchev–Trinajstić information content (AvgIpc) is 2.26. The lowest BCUT2D eigenvalue weighted by atomic mass is 10.0. The summed E-state index contributed by atoms with van der Waals surface area (Å²) in [6.07, 6.45) is 0. The molecule has 1 aromatic rings. The molecule has 0 spiro atoms. The molecule has 3 nitrogen and oxygen atoms in total. The van der Waals surface area contributed by atoms with Gasteiger partial charge in [0.05, 0.1) is 5.92 Å². The van der Waals surface area contributed by atoms with E-state index in [1.165, 1.54) is 0 Å². The molecule has 0 fully saturated rings. The van der Waals surface area contributed by atoms with Crippen LogP contribution >= 0.6 is 11.6 Å². The standard InChI is InChI=1S/C12H16ClNO2/c1-8(12(15)16)9(2)14-7-10-3-5-11(13)6-4-10/h3-6,8-9,14H,7H2,1-2H3,(H,15,16). The highest BCUT2D eigenvalue weighted by atomic mass is 35.5. The average molecular weight is 242 g/mol. The van der Waals surface area contributed by atoms with Crippen LogP contribution in [0.15, 0.2) is 24.3 Å². The van der Waals surface area contributed by atoms with Crippen molar-refractivity contribution < 1.29 is 9.90 Å². The van der Waals surface area contributed by atoms with Gasteiger partial charge in [0, 0.05) is 17.6 Å². The Morgan fingerprint density at radius 3 is 2.44 bits per heavy atom. The van der Waals surface area contributed by atoms with Crippen molar-refractivity contribution in [3.05, 3.63) is 34.9 Å². The lowest BCUT2D eigenvalue weighted by Gasteiger charge is -2.17. The van der Waals surface area contributed by atoms with Crippen molar-refractivity contribution in [3.8, 4) is 0 Å². The topological polar surface area (TPSA) is 49.3 Å². The molecule has 88 valence electrons. The van der Waals surface area contributed by atoms with Gasteiger partial charge < -0.3 is 10.4 Å². The number of rotatable bonds is 5. The van der Waals surface area contributed by atoms with Gasteiger partial charge in [-0.2, -0.15) is 0 Å². The summed E-state index contributed by atoms with van der Waals surface area (Å²) in [7, 11) is 0. The zero-order chi connectivity index (χ0) is 12.1. The summed E-state index contributed by atoms with van der Waals surface area (Å²) in [4.78, 5) is 10.7. The first-order valence-corrected chi connectivity index (χ1v) is 5.59. The van der Waals surface area contributed by atoms with Crippen LogP contribution in [0.2, 0.25) is 5.02 Å². The lowest BCUT2D eigenvalue weighted by molar-refractivity contribution is -0.141. The number of benzene rings is 1. The third kappa shape index (κ3) is 3.83. The maximum absolute atomic E-state index is 10.7. The fraction of sp³-hybridized carbons (Fsp3) is 0.417. The van der Waals surface area contributed by atoms with Gasteiger partial charge in [-0.1, -0.05) is 30.7 Å². The monoisotopic (exact) mass is 241 g/mol. The van der Waals surface area contributed by atoms with E-state index in [1.807, 2.05) is 31.2 Å². The number of hydrogen-bond donors (Lipinski definition) is 2. The highest BCUT2D eigenvalue weighted by molar-refractivity contribution is 6.30. The quantitative estimate of drug-likeness (QED) is 0.833. The zero-order valence-electron chi connectivity index (χ0n) is 9.40. The minimum Gasteiger partial charge on any atom is -0.481 e. The Bertz CT molecular complexity index is 351. The molecular weight excluding hydrogens is 226 g/mol. The SMILES string of the molecule is CC(NCc1ccc(Cl)cc1)C(C)C(=O)O. The van der Waals surface area contributed by atoms with E-state index >= 15 is 0 Å². The van der Waals surface area contributed by atoms with Crippen LogP contribution in [-0.2, 0) is 11.3 Å². The molecule has 0 aliphatic carbocycles. The van der Waals surface area contributed by atoms with E-state index in [9.17, 15) is 4.79 Å². The Hall–Kier alpha value is -1.06. The molecule has 4 heteroatoms. The van der Waals surface area contributed by atoms with Gasteiger partial charge in [0.25, 0.3) is 0 Å². The van der Waals surface area contributed by atoms with Crippen LogP contribution in [0.25, 0.3) is 0 Å². The van der Waals surface area contributed by atoms with Crippen LogP contribution in [0.1, 0.15) is 19.4 Å². The first-order chi connectivity index (χ1) is 7.50. The van der Waals surface area contributed by atoms with E-state index in [0.717, 1.165) is 5.56 Å². The summed E-state index contributed by atoms with van der Waals surface area (Å²) in [6.45, 7) is 4.21. The van der Waals surface area contributed by atoms with Gasteiger partial charge in [-0.15, -0.1) is 0 Å². The van der Waals surface area contributed by atoms with Crippen molar-refractivity contribution in [3.63, 3.8) is 0 Å². The number of carboxylic acid groups (broad SMARTS) is 1. The molecule has 0 aromatic heterocycles. The van der Waals surface area contributed by atoms with E-state index in [-0.39, 0.29) is 6.04 Å². The van der Waals surface area contributed by atoms with Gasteiger partial charge >= 0.3 is 5.97 Å². The summed E-state index contributed by atoms with van der Waals surface area (Å²) in [5.74, 6) is -1.18. The lowest BCUT2D eigenvalue weighted by Crippen LogP contribution is -2.35. The molecule has 0 saturated carbocycles. The molecule has 0 saturated heterocycles. The van der Waals surface area contributed by atoms with Crippen molar-refractivity contribution in [1.82, 2.24) is 5.32 Å². The van der Waals surface area contributed by atoms with Crippen LogP contribution in [-0.4, -0.2) is 17.1 Å². The van der Waals surface area contributed by atoms with Crippen LogP contribution in [0.4, 0.5) is 0 Å². The second-order valence-corrected chi connectivity index (χ2v) is 4.36. The first-order valence-electron chi connectivity index (χ1n) is 5.21. The highest BCUT2D eigenvalue weighted by Crippen LogP contribution is 2.10. The number of halogens is 1. The van der Waals surface area contributed by atoms with Crippen LogP contribution in [0.5, 0.6) is 0 Å². The van der Waals surface area contributed by atoms with Gasteiger partial charge in [0.2, 0.25) is 0 Å². The molecule has 0 aliphatic rings. The van der Waals surface area contributed by atoms with E-state index in [2.05, 4.69) is 5.32 Å². The zero-order valence-corrected chi connectivity index (χ0v) is 10.2. The third-order valence-electron chi connectivity index (χ3n) is 2.68. The molecule has 1 rings (SSSR count). The van der Waals surface area contributed by atoms with Crippen LogP contribution < -0.4 is 5.32 Å². The fourth-order valence-electron chi connectivity index (χ4n) is 1.27. The van der Waals surface area contributed by atoms with Gasteiger partial charge in [-0.3, -0.25) is 4.79 Å². The molecule has 0 amide bonds. The Balaban J connectivity index is 2.45. The molecule has 0 radical (unpaired) electrons. The maximum Gasteiger partial charge on any atom is 0.307 e. The van der Waals surface area contributed by atoms with Gasteiger partial charge in [-0.05, 0) is 24.6 Å². The summed E-state index contributed by atoms with van der Waals surface area (Å²) < 4.78 is 0. The smallest absolute Gasteiger partial charge is 0.307 e. The minimum atomic E-state index is -0.781. The molecule has 2 unspecified atom stereocenters. The maximum atomic E-state index is 10.7. The van der Waals surface area contributed by atoms with E-state index in [0.29, 0.717) is 11.6 Å². The Morgan fingerprint density at radius 1 is 1.38 bits per heavy atom. The number of carboxylic acids is 1. The molecule has 0 aliphatic heterocycles. The summed E-state index contributed by atoms with van der Waals surface area (Å²) in [5.41, 5.74) is 1.09. The largest absolute Gasteiger partial charge is 0.481 e. The molecule has 2 N–H and O–H groups in total. The summed E-state index contributed by atoms with van der Waals surface area (Å²) >= 11 is 5.77. The fourth-order valence-corrected chi connectivity index (χ4v) is 1.40. The van der Waals surface area contributed by atoms with Crippen molar-refractivity contribution in [2.24, 2.45) is 5.92 Å². The van der Waals surface area contributed by atoms with Gasteiger partial charge in [0.1, 0.15) is 0 Å². The summed E-state index contributed by atoms with van der Waals surface area (Å²) in [6, 6.07) is 7.43. The predicted molar refractivity (Wildman–Crippen MR) is 64.6 cm³/mol. The van der Waals surface area contributed by atoms with Crippen LogP contribution in [0, 0.1) is 5.92 Å². The molecular formula is C12H16ClNO2. The number of nitrogens with one attached hydrogen (secondary N) is 1. The van der Waals surface area contributed by atoms with E-state index < -0.39 is 11.9 Å². The van der Waals surface area contributed by atoms with Gasteiger partial charge in [0.15, 0.2) is 0 Å². The molecule has 0 bridgehead atoms. The number of aliphatic carboxylic acids is 1. The summed E-state index contributed by atoms with van der Waals surface area (Å²) in [5, 5.41) is 12.7. The third-order valence-corrected chi connectivity index (χ3v) is 2.93. The van der Waals surface area contributed by atoms with Crippen molar-refractivity contribution >= 4 is 17.6 Å². The second-order valence-electron chi connectivity index (χ2n) is 3.92. The molecule has 0 heterocycles. The number of hydrogen-bond acceptors (Lipinski definition) is 2. The highest BCUT2D eigenvalue weighted by Gasteiger charge is 2.18. The van der Waals surface area contributed by atoms with Crippen molar-refractivity contribution in [2.75, 3.05) is 0 Å². The Kier molecular flexibility index (Phi) is 4.77. The van der Waals surface area contributed by atoms with E-state index in [4.69, 9.17) is 16.7 Å². The van der Waals surface area contributed by atoms with E-state index in [1.54, 1.807) is 6.92 Å². The second kappa shape index (κ2) is 5.87. The Morgan fingerprint density at radius 2 is 1.94 bits per heavy atom. The first kappa shape index (κ1) is 13.0. The Labute approximate surface area is 100 Å². The minimum absolute atomic E-state index is 0.0619. The molecule has 2 atom stereocenters. The number of carbonyl (C=O) groups is 1. The molecule has 16 heavy (non-hydrogen) atoms. The van der Waals surface area contributed by atoms with Crippen LogP contribution in [0.3, 0.4) is 0 Å². The van der Waals surface area contributed by atoms with Crippen molar-refractivity contribution in [1.29, 1.82) is 0 Å². The normalized spacial score (nSPS) is 14.4. The van der Waals surface area contributed by atoms with Gasteiger partial charge in [-0.25, -0.2) is 0 Å². The predicted octanol–water partition coefficient (Wildman–Crippen LogP) is 2.54.